The molecule has 1 amide bonds. The molecule has 0 radical (unpaired) electrons. The van der Waals surface area contributed by atoms with Gasteiger partial charge in [-0.1, -0.05) is 0 Å². The lowest BCUT2D eigenvalue weighted by molar-refractivity contribution is 0.0688. The van der Waals surface area contributed by atoms with E-state index in [0.29, 0.717) is 42.5 Å². The topological polar surface area (TPSA) is 113 Å². The van der Waals surface area contributed by atoms with E-state index in [4.69, 9.17) is 5.11 Å². The first-order chi connectivity index (χ1) is 12.9. The first kappa shape index (κ1) is 17.1. The number of hydrogen-bond acceptors (Lipinski definition) is 4. The van der Waals surface area contributed by atoms with Gasteiger partial charge in [-0.3, -0.25) is 14.0 Å². The highest BCUT2D eigenvalue weighted by molar-refractivity contribution is 5.97. The van der Waals surface area contributed by atoms with Crippen LogP contribution in [-0.4, -0.2) is 54.3 Å². The molecule has 3 heterocycles. The van der Waals surface area contributed by atoms with Gasteiger partial charge in [0.25, 0.3) is 5.91 Å². The first-order valence-corrected chi connectivity index (χ1v) is 8.69. The molecule has 0 bridgehead atoms. The molecule has 27 heavy (non-hydrogen) atoms. The number of aromatic amines is 1. The smallest absolute Gasteiger partial charge is 0.338 e. The van der Waals surface area contributed by atoms with Crippen LogP contribution in [0.15, 0.2) is 35.4 Å². The van der Waals surface area contributed by atoms with Gasteiger partial charge in [0.2, 0.25) is 0 Å². The van der Waals surface area contributed by atoms with Gasteiger partial charge in [-0.15, -0.1) is 0 Å². The SMILES string of the molecule is Cn1c(=O)[nH]c2ccc(C(=O)N3CCC(n4cc(C(=O)O)cn4)CC3)cc21. The second kappa shape index (κ2) is 6.42. The van der Waals surface area contributed by atoms with Gasteiger partial charge in [-0.05, 0) is 31.0 Å². The van der Waals surface area contributed by atoms with Crippen LogP contribution in [0.1, 0.15) is 39.6 Å². The molecule has 9 nitrogen and oxygen atoms in total. The third-order valence-electron chi connectivity index (χ3n) is 5.13. The van der Waals surface area contributed by atoms with Crippen LogP contribution >= 0.6 is 0 Å². The Bertz CT molecular complexity index is 1080. The van der Waals surface area contributed by atoms with Crippen molar-refractivity contribution in [1.82, 2.24) is 24.2 Å². The minimum absolute atomic E-state index is 0.0734. The van der Waals surface area contributed by atoms with Gasteiger partial charge in [0.05, 0.1) is 28.8 Å². The maximum Gasteiger partial charge on any atom is 0.338 e. The predicted octanol–water partition coefficient (Wildman–Crippen LogP) is 1.24. The Morgan fingerprint density at radius 3 is 2.63 bits per heavy atom. The van der Waals surface area contributed by atoms with E-state index in [9.17, 15) is 14.4 Å². The number of carbonyl (C=O) groups excluding carboxylic acids is 1. The number of carboxylic acids is 1. The Hall–Kier alpha value is -3.36. The van der Waals surface area contributed by atoms with Crippen LogP contribution in [0.3, 0.4) is 0 Å². The largest absolute Gasteiger partial charge is 0.478 e. The summed E-state index contributed by atoms with van der Waals surface area (Å²) in [5.74, 6) is -1.07. The zero-order valence-corrected chi connectivity index (χ0v) is 14.8. The van der Waals surface area contributed by atoms with Crippen LogP contribution in [0.2, 0.25) is 0 Å². The number of carboxylic acid groups (broad SMARTS) is 1. The summed E-state index contributed by atoms with van der Waals surface area (Å²) < 4.78 is 3.16. The summed E-state index contributed by atoms with van der Waals surface area (Å²) in [7, 11) is 1.66. The summed E-state index contributed by atoms with van der Waals surface area (Å²) in [5.41, 5.74) is 1.89. The standard InChI is InChI=1S/C18H19N5O4/c1-21-15-8-11(2-3-14(15)20-18(21)27)16(24)22-6-4-13(5-7-22)23-10-12(9-19-23)17(25)26/h2-3,8-10,13H,4-7H2,1H3,(H,20,27)(H,25,26). The fraction of sp³-hybridized carbons (Fsp3) is 0.333. The van der Waals surface area contributed by atoms with Gasteiger partial charge in [0, 0.05) is 31.9 Å². The summed E-state index contributed by atoms with van der Waals surface area (Å²) >= 11 is 0. The van der Waals surface area contributed by atoms with Crippen molar-refractivity contribution in [2.24, 2.45) is 7.05 Å². The van der Waals surface area contributed by atoms with Crippen molar-refractivity contribution in [2.75, 3.05) is 13.1 Å². The number of H-pyrrole nitrogens is 1. The van der Waals surface area contributed by atoms with Gasteiger partial charge >= 0.3 is 11.7 Å². The number of piperidine rings is 1. The molecule has 2 N–H and O–H groups in total. The van der Waals surface area contributed by atoms with Crippen molar-refractivity contribution in [1.29, 1.82) is 0 Å². The summed E-state index contributed by atoms with van der Waals surface area (Å²) in [6.07, 6.45) is 4.29. The Kier molecular flexibility index (Phi) is 4.06. The molecule has 0 saturated carbocycles. The average molecular weight is 369 g/mol. The second-order valence-electron chi connectivity index (χ2n) is 6.76. The van der Waals surface area contributed by atoms with Crippen LogP contribution in [0.4, 0.5) is 0 Å². The lowest BCUT2D eigenvalue weighted by atomic mass is 10.0. The predicted molar refractivity (Wildman–Crippen MR) is 96.9 cm³/mol. The highest BCUT2D eigenvalue weighted by Crippen LogP contribution is 2.24. The molecule has 1 aliphatic heterocycles. The molecule has 0 aliphatic carbocycles. The Labute approximate surface area is 153 Å². The minimum atomic E-state index is -0.997. The van der Waals surface area contributed by atoms with E-state index in [2.05, 4.69) is 10.1 Å². The summed E-state index contributed by atoms with van der Waals surface area (Å²) in [5, 5.41) is 13.1. The minimum Gasteiger partial charge on any atom is -0.478 e. The van der Waals surface area contributed by atoms with E-state index in [1.54, 1.807) is 34.8 Å². The third-order valence-corrected chi connectivity index (χ3v) is 5.13. The lowest BCUT2D eigenvalue weighted by Crippen LogP contribution is -2.39. The van der Waals surface area contributed by atoms with Gasteiger partial charge in [0.15, 0.2) is 0 Å². The molecular formula is C18H19N5O4. The van der Waals surface area contributed by atoms with E-state index in [0.717, 1.165) is 0 Å². The molecule has 0 spiro atoms. The van der Waals surface area contributed by atoms with Gasteiger partial charge in [0.1, 0.15) is 0 Å². The molecular weight excluding hydrogens is 350 g/mol. The van der Waals surface area contributed by atoms with Crippen LogP contribution in [-0.2, 0) is 7.05 Å². The second-order valence-corrected chi connectivity index (χ2v) is 6.76. The zero-order valence-electron chi connectivity index (χ0n) is 14.8. The number of carbonyl (C=O) groups is 2. The van der Waals surface area contributed by atoms with E-state index in [1.165, 1.54) is 17.0 Å². The molecule has 3 aromatic rings. The van der Waals surface area contributed by atoms with Gasteiger partial charge in [-0.25, -0.2) is 9.59 Å². The van der Waals surface area contributed by atoms with Crippen molar-refractivity contribution in [3.05, 3.63) is 52.2 Å². The molecule has 1 saturated heterocycles. The maximum atomic E-state index is 12.8. The Morgan fingerprint density at radius 2 is 1.96 bits per heavy atom. The third kappa shape index (κ3) is 3.01. The molecule has 1 aliphatic rings. The number of likely N-dealkylation sites (tertiary alicyclic amines) is 1. The van der Waals surface area contributed by atoms with Crippen LogP contribution in [0, 0.1) is 0 Å². The number of amides is 1. The molecule has 1 aromatic carbocycles. The van der Waals surface area contributed by atoms with Crippen LogP contribution in [0.25, 0.3) is 11.0 Å². The highest BCUT2D eigenvalue weighted by Gasteiger charge is 2.26. The van der Waals surface area contributed by atoms with Crippen molar-refractivity contribution in [2.45, 2.75) is 18.9 Å². The summed E-state index contributed by atoms with van der Waals surface area (Å²) in [4.78, 5) is 40.0. The number of aromatic nitrogens is 4. The molecule has 1 fully saturated rings. The maximum absolute atomic E-state index is 12.8. The first-order valence-electron chi connectivity index (χ1n) is 8.69. The van der Waals surface area contributed by atoms with Crippen LogP contribution in [0.5, 0.6) is 0 Å². The number of aromatic carboxylic acids is 1. The van der Waals surface area contributed by atoms with E-state index in [-0.39, 0.29) is 23.2 Å². The molecule has 0 atom stereocenters. The quantitative estimate of drug-likeness (QED) is 0.721. The number of hydrogen-bond donors (Lipinski definition) is 2. The molecule has 0 unspecified atom stereocenters. The molecule has 140 valence electrons. The number of benzene rings is 1. The number of aryl methyl sites for hydroxylation is 1. The van der Waals surface area contributed by atoms with E-state index >= 15 is 0 Å². The zero-order chi connectivity index (χ0) is 19.1. The fourth-order valence-corrected chi connectivity index (χ4v) is 3.52. The number of rotatable bonds is 3. The van der Waals surface area contributed by atoms with Gasteiger partial charge in [-0.2, -0.15) is 5.10 Å². The Balaban J connectivity index is 1.47. The van der Waals surface area contributed by atoms with Gasteiger partial charge < -0.3 is 15.0 Å². The fourth-order valence-electron chi connectivity index (χ4n) is 3.52. The van der Waals surface area contributed by atoms with Crippen molar-refractivity contribution in [3.63, 3.8) is 0 Å². The molecule has 9 heteroatoms. The van der Waals surface area contributed by atoms with E-state index < -0.39 is 5.97 Å². The number of imidazole rings is 1. The monoisotopic (exact) mass is 369 g/mol. The summed E-state index contributed by atoms with van der Waals surface area (Å²) in [6.45, 7) is 1.13. The van der Waals surface area contributed by atoms with E-state index in [1.807, 2.05) is 0 Å². The lowest BCUT2D eigenvalue weighted by Gasteiger charge is -2.32. The number of fused-ring (bicyclic) bond motifs is 1. The van der Waals surface area contributed by atoms with Crippen LogP contribution < -0.4 is 5.69 Å². The highest BCUT2D eigenvalue weighted by atomic mass is 16.4. The summed E-state index contributed by atoms with van der Waals surface area (Å²) in [6, 6.07) is 5.27. The number of nitrogens with zero attached hydrogens (tertiary/aromatic N) is 4. The Morgan fingerprint density at radius 1 is 1.22 bits per heavy atom. The molecule has 2 aromatic heterocycles. The molecule has 4 rings (SSSR count). The average Bonchev–Trinajstić information content (AvgIpc) is 3.27. The van der Waals surface area contributed by atoms with Crippen molar-refractivity contribution >= 4 is 22.9 Å². The van der Waals surface area contributed by atoms with Crippen molar-refractivity contribution in [3.8, 4) is 0 Å². The number of nitrogens with one attached hydrogen (secondary N) is 1. The van der Waals surface area contributed by atoms with Crippen molar-refractivity contribution < 1.29 is 14.7 Å². The normalized spacial score (nSPS) is 15.4.